The highest BCUT2D eigenvalue weighted by atomic mass is 16.5. The van der Waals surface area contributed by atoms with Gasteiger partial charge in [-0.3, -0.25) is 4.79 Å². The van der Waals surface area contributed by atoms with Crippen LogP contribution in [0.4, 0.5) is 0 Å². The van der Waals surface area contributed by atoms with Crippen LogP contribution in [0.5, 0.6) is 0 Å². The van der Waals surface area contributed by atoms with Crippen LogP contribution in [0, 0.1) is 17.8 Å². The fraction of sp³-hybridized carbons (Fsp3) is 0.875. The van der Waals surface area contributed by atoms with E-state index < -0.39 is 0 Å². The third-order valence-corrected chi connectivity index (χ3v) is 3.38. The second kappa shape index (κ2) is 1.61. The van der Waals surface area contributed by atoms with Crippen LogP contribution in [0.25, 0.3) is 0 Å². The maximum absolute atomic E-state index is 11.5. The van der Waals surface area contributed by atoms with Gasteiger partial charge in [0.1, 0.15) is 6.73 Å². The van der Waals surface area contributed by atoms with Gasteiger partial charge in [-0.05, 0) is 11.8 Å². The summed E-state index contributed by atoms with van der Waals surface area (Å²) in [5.41, 5.74) is 0. The van der Waals surface area contributed by atoms with Crippen molar-refractivity contribution in [3.63, 3.8) is 0 Å². The monoisotopic (exact) mass is 153 g/mol. The summed E-state index contributed by atoms with van der Waals surface area (Å²) in [5, 5.41) is 0. The van der Waals surface area contributed by atoms with Crippen molar-refractivity contribution in [1.82, 2.24) is 4.90 Å². The average molecular weight is 153 g/mol. The van der Waals surface area contributed by atoms with Crippen molar-refractivity contribution in [3.05, 3.63) is 0 Å². The molecule has 1 aliphatic carbocycles. The number of nitrogens with zero attached hydrogens (tertiary/aromatic N) is 1. The first kappa shape index (κ1) is 6.00. The number of rotatable bonds is 0. The summed E-state index contributed by atoms with van der Waals surface area (Å²) in [6.45, 7) is 3.49. The molecule has 1 saturated carbocycles. The van der Waals surface area contributed by atoms with Gasteiger partial charge in [-0.15, -0.1) is 0 Å². The molecule has 0 aromatic carbocycles. The number of hydrogen-bond donors (Lipinski definition) is 0. The van der Waals surface area contributed by atoms with Crippen LogP contribution in [0.15, 0.2) is 0 Å². The Morgan fingerprint density at radius 3 is 3.27 bits per heavy atom. The van der Waals surface area contributed by atoms with Crippen molar-refractivity contribution < 1.29 is 9.53 Å². The van der Waals surface area contributed by atoms with Crippen molar-refractivity contribution in [1.29, 1.82) is 0 Å². The summed E-state index contributed by atoms with van der Waals surface area (Å²) in [6, 6.07) is 0.433. The molecule has 4 atom stereocenters. The molecule has 3 rings (SSSR count). The van der Waals surface area contributed by atoms with E-state index in [0.29, 0.717) is 36.4 Å². The Balaban J connectivity index is 1.94. The molecule has 60 valence electrons. The largest absolute Gasteiger partial charge is 0.359 e. The van der Waals surface area contributed by atoms with Gasteiger partial charge < -0.3 is 9.64 Å². The minimum absolute atomic E-state index is 0.338. The SMILES string of the molecule is CC1C2C(=O)N3COCC3C12. The van der Waals surface area contributed by atoms with Gasteiger partial charge in [0.15, 0.2) is 0 Å². The van der Waals surface area contributed by atoms with Gasteiger partial charge >= 0.3 is 0 Å². The van der Waals surface area contributed by atoms with Gasteiger partial charge in [-0.25, -0.2) is 0 Å². The molecule has 2 aliphatic heterocycles. The molecule has 0 spiro atoms. The molecule has 2 heterocycles. The molecule has 0 bridgehead atoms. The second-order valence-electron chi connectivity index (χ2n) is 3.84. The normalized spacial score (nSPS) is 52.8. The maximum atomic E-state index is 11.5. The van der Waals surface area contributed by atoms with Crippen LogP contribution < -0.4 is 0 Å². The topological polar surface area (TPSA) is 29.5 Å². The Bertz CT molecular complexity index is 228. The molecule has 0 N–H and O–H groups in total. The standard InChI is InChI=1S/C8H11NO2/c1-4-6-5-2-11-3-9(5)8(10)7(4)6/h4-7H,2-3H2,1H3. The summed E-state index contributed by atoms with van der Waals surface area (Å²) in [7, 11) is 0. The molecule has 3 fully saturated rings. The minimum Gasteiger partial charge on any atom is -0.359 e. The van der Waals surface area contributed by atoms with E-state index in [0.717, 1.165) is 6.61 Å². The molecule has 4 unspecified atom stereocenters. The lowest BCUT2D eigenvalue weighted by Crippen LogP contribution is -2.33. The van der Waals surface area contributed by atoms with E-state index in [2.05, 4.69) is 6.92 Å². The lowest BCUT2D eigenvalue weighted by Gasteiger charge is -2.16. The highest BCUT2D eigenvalue weighted by molar-refractivity contribution is 5.86. The summed E-state index contributed by atoms with van der Waals surface area (Å²) in [5.74, 6) is 1.96. The van der Waals surface area contributed by atoms with E-state index in [1.54, 1.807) is 0 Å². The van der Waals surface area contributed by atoms with Crippen molar-refractivity contribution in [2.45, 2.75) is 13.0 Å². The van der Waals surface area contributed by atoms with Crippen LogP contribution in [-0.4, -0.2) is 30.2 Å². The third kappa shape index (κ3) is 0.527. The Labute approximate surface area is 65.3 Å². The summed E-state index contributed by atoms with van der Waals surface area (Å²) in [4.78, 5) is 13.4. The van der Waals surface area contributed by atoms with Gasteiger partial charge in [0.25, 0.3) is 0 Å². The Morgan fingerprint density at radius 1 is 1.64 bits per heavy atom. The zero-order valence-electron chi connectivity index (χ0n) is 6.49. The zero-order chi connectivity index (χ0) is 7.59. The molecule has 3 aliphatic rings. The number of hydrogen-bond acceptors (Lipinski definition) is 2. The zero-order valence-corrected chi connectivity index (χ0v) is 6.49. The molecule has 3 nitrogen and oxygen atoms in total. The quantitative estimate of drug-likeness (QED) is 0.492. The van der Waals surface area contributed by atoms with E-state index in [9.17, 15) is 4.79 Å². The van der Waals surface area contributed by atoms with Gasteiger partial charge in [-0.1, -0.05) is 6.92 Å². The van der Waals surface area contributed by atoms with Crippen LogP contribution in [0.2, 0.25) is 0 Å². The number of carbonyl (C=O) groups excluding carboxylic acids is 1. The molecule has 0 aromatic heterocycles. The van der Waals surface area contributed by atoms with E-state index in [1.807, 2.05) is 4.90 Å². The van der Waals surface area contributed by atoms with E-state index in [-0.39, 0.29) is 0 Å². The Hall–Kier alpha value is -0.570. The van der Waals surface area contributed by atoms with E-state index in [1.165, 1.54) is 0 Å². The first-order valence-corrected chi connectivity index (χ1v) is 4.19. The van der Waals surface area contributed by atoms with Crippen molar-refractivity contribution >= 4 is 5.91 Å². The Kier molecular flexibility index (Phi) is 0.876. The molecule has 0 radical (unpaired) electrons. The maximum Gasteiger partial charge on any atom is 0.228 e. The summed E-state index contributed by atoms with van der Waals surface area (Å²) >= 11 is 0. The highest BCUT2D eigenvalue weighted by Gasteiger charge is 2.65. The number of amides is 1. The predicted molar refractivity (Wildman–Crippen MR) is 37.6 cm³/mol. The predicted octanol–water partition coefficient (Wildman–Crippen LogP) is 0.0670. The summed E-state index contributed by atoms with van der Waals surface area (Å²) in [6.07, 6.45) is 0. The first-order valence-electron chi connectivity index (χ1n) is 4.19. The fourth-order valence-corrected chi connectivity index (χ4v) is 2.67. The number of carbonyl (C=O) groups is 1. The second-order valence-corrected chi connectivity index (χ2v) is 3.84. The first-order chi connectivity index (χ1) is 5.30. The van der Waals surface area contributed by atoms with Crippen molar-refractivity contribution in [2.75, 3.05) is 13.3 Å². The molecule has 11 heavy (non-hydrogen) atoms. The van der Waals surface area contributed by atoms with Gasteiger partial charge in [-0.2, -0.15) is 0 Å². The van der Waals surface area contributed by atoms with Crippen LogP contribution in [0.3, 0.4) is 0 Å². The van der Waals surface area contributed by atoms with Gasteiger partial charge in [0.05, 0.1) is 12.6 Å². The van der Waals surface area contributed by atoms with Gasteiger partial charge in [0, 0.05) is 5.92 Å². The smallest absolute Gasteiger partial charge is 0.228 e. The molecule has 1 amide bonds. The molecular weight excluding hydrogens is 142 g/mol. The van der Waals surface area contributed by atoms with Crippen LogP contribution >= 0.6 is 0 Å². The lowest BCUT2D eigenvalue weighted by atomic mass is 10.2. The summed E-state index contributed by atoms with van der Waals surface area (Å²) < 4.78 is 5.23. The van der Waals surface area contributed by atoms with Gasteiger partial charge in [0.2, 0.25) is 5.91 Å². The lowest BCUT2D eigenvalue weighted by molar-refractivity contribution is -0.132. The average Bonchev–Trinajstić information content (AvgIpc) is 2.47. The molecule has 2 saturated heterocycles. The van der Waals surface area contributed by atoms with Crippen molar-refractivity contribution in [2.24, 2.45) is 17.8 Å². The van der Waals surface area contributed by atoms with Crippen molar-refractivity contribution in [3.8, 4) is 0 Å². The number of ether oxygens (including phenoxy) is 1. The Morgan fingerprint density at radius 2 is 2.45 bits per heavy atom. The van der Waals surface area contributed by atoms with E-state index >= 15 is 0 Å². The fourth-order valence-electron chi connectivity index (χ4n) is 2.67. The number of piperidine rings is 1. The van der Waals surface area contributed by atoms with Crippen LogP contribution in [0.1, 0.15) is 6.92 Å². The molecular formula is C8H11NO2. The number of fused-ring (bicyclic) bond motifs is 3. The molecule has 3 heteroatoms. The highest BCUT2D eigenvalue weighted by Crippen LogP contribution is 2.56. The minimum atomic E-state index is 0.338. The molecule has 0 aromatic rings. The van der Waals surface area contributed by atoms with E-state index in [4.69, 9.17) is 4.74 Å². The van der Waals surface area contributed by atoms with Crippen LogP contribution in [-0.2, 0) is 9.53 Å². The third-order valence-electron chi connectivity index (χ3n) is 3.38.